The Hall–Kier alpha value is -4.30. The standard InChI is InChI=1S/C27H30N6O6S2/c1-36-18-8-10-20(38-3)16(12-18)14-22(34)28-26-32-30-24(40-26)6-5-7-25-31-33-27(41-25)29-23(35)15-17-13-19(37-2)9-11-21(17)39-4/h8-13H,5-7,14-15H2,1-4H3,(H,28,32,34)(H,29,33,35). The number of nitrogens with zero attached hydrogens (tertiary/aromatic N) is 4. The molecule has 0 saturated carbocycles. The number of amides is 2. The van der Waals surface area contributed by atoms with E-state index in [1.807, 2.05) is 0 Å². The number of methoxy groups -OCH3 is 4. The molecule has 2 amide bonds. The molecule has 0 unspecified atom stereocenters. The number of carbonyl (C=O) groups excluding carboxylic acids is 2. The molecule has 216 valence electrons. The van der Waals surface area contributed by atoms with E-state index in [9.17, 15) is 9.59 Å². The molecule has 2 heterocycles. The van der Waals surface area contributed by atoms with Gasteiger partial charge in [0.2, 0.25) is 22.1 Å². The van der Waals surface area contributed by atoms with Gasteiger partial charge in [-0.05, 0) is 42.8 Å². The van der Waals surface area contributed by atoms with Gasteiger partial charge in [-0.25, -0.2) is 0 Å². The fraction of sp³-hybridized carbons (Fsp3) is 0.333. The van der Waals surface area contributed by atoms with E-state index in [2.05, 4.69) is 31.0 Å². The second-order valence-electron chi connectivity index (χ2n) is 8.66. The number of aromatic nitrogens is 4. The van der Waals surface area contributed by atoms with E-state index in [1.54, 1.807) is 64.8 Å². The average molecular weight is 599 g/mol. The van der Waals surface area contributed by atoms with Crippen LogP contribution in [0.25, 0.3) is 0 Å². The smallest absolute Gasteiger partial charge is 0.230 e. The van der Waals surface area contributed by atoms with Crippen LogP contribution in [0.15, 0.2) is 36.4 Å². The van der Waals surface area contributed by atoms with Gasteiger partial charge in [0.1, 0.15) is 33.0 Å². The Kier molecular flexibility index (Phi) is 10.4. The molecule has 0 atom stereocenters. The van der Waals surface area contributed by atoms with Crippen LogP contribution in [0.5, 0.6) is 23.0 Å². The van der Waals surface area contributed by atoms with E-state index in [4.69, 9.17) is 18.9 Å². The summed E-state index contributed by atoms with van der Waals surface area (Å²) in [4.78, 5) is 25.2. The molecule has 41 heavy (non-hydrogen) atoms. The topological polar surface area (TPSA) is 147 Å². The van der Waals surface area contributed by atoms with Crippen molar-refractivity contribution in [2.75, 3.05) is 39.1 Å². The summed E-state index contributed by atoms with van der Waals surface area (Å²) in [7, 11) is 6.25. The summed E-state index contributed by atoms with van der Waals surface area (Å²) in [5, 5.41) is 24.6. The molecule has 4 aromatic rings. The van der Waals surface area contributed by atoms with Gasteiger partial charge in [0.25, 0.3) is 0 Å². The lowest BCUT2D eigenvalue weighted by Crippen LogP contribution is -2.14. The molecule has 4 rings (SSSR count). The van der Waals surface area contributed by atoms with Crippen molar-refractivity contribution in [3.63, 3.8) is 0 Å². The molecule has 0 radical (unpaired) electrons. The molecule has 0 aliphatic carbocycles. The highest BCUT2D eigenvalue weighted by Crippen LogP contribution is 2.27. The first-order chi connectivity index (χ1) is 19.9. The van der Waals surface area contributed by atoms with E-state index >= 15 is 0 Å². The first-order valence-corrected chi connectivity index (χ1v) is 14.2. The molecule has 2 aromatic heterocycles. The second-order valence-corrected chi connectivity index (χ2v) is 10.8. The number of anilines is 2. The quantitative estimate of drug-likeness (QED) is 0.219. The fourth-order valence-electron chi connectivity index (χ4n) is 3.91. The second kappa shape index (κ2) is 14.4. The van der Waals surface area contributed by atoms with Crippen molar-refractivity contribution in [1.29, 1.82) is 0 Å². The Bertz CT molecular complexity index is 1380. The largest absolute Gasteiger partial charge is 0.497 e. The van der Waals surface area contributed by atoms with Crippen molar-refractivity contribution >= 4 is 44.8 Å². The minimum Gasteiger partial charge on any atom is -0.497 e. The van der Waals surface area contributed by atoms with Crippen molar-refractivity contribution in [2.24, 2.45) is 0 Å². The van der Waals surface area contributed by atoms with Crippen LogP contribution in [0.1, 0.15) is 27.6 Å². The Morgan fingerprint density at radius 2 is 1.10 bits per heavy atom. The van der Waals surface area contributed by atoms with Crippen LogP contribution in [0.2, 0.25) is 0 Å². The molecule has 0 saturated heterocycles. The minimum absolute atomic E-state index is 0.109. The van der Waals surface area contributed by atoms with Crippen LogP contribution in [0, 0.1) is 0 Å². The maximum Gasteiger partial charge on any atom is 0.230 e. The van der Waals surface area contributed by atoms with Crippen LogP contribution in [0.4, 0.5) is 10.3 Å². The summed E-state index contributed by atoms with van der Waals surface area (Å²) in [5.41, 5.74) is 1.42. The first kappa shape index (κ1) is 29.7. The van der Waals surface area contributed by atoms with Gasteiger partial charge in [-0.2, -0.15) is 0 Å². The number of hydrogen-bond donors (Lipinski definition) is 2. The minimum atomic E-state index is -0.229. The third-order valence-electron chi connectivity index (χ3n) is 5.88. The third kappa shape index (κ3) is 8.35. The maximum absolute atomic E-state index is 12.6. The van der Waals surface area contributed by atoms with E-state index in [0.29, 0.717) is 57.2 Å². The van der Waals surface area contributed by atoms with Crippen LogP contribution in [-0.2, 0) is 35.3 Å². The zero-order chi connectivity index (χ0) is 29.2. The van der Waals surface area contributed by atoms with Gasteiger partial charge in [-0.15, -0.1) is 20.4 Å². The van der Waals surface area contributed by atoms with E-state index < -0.39 is 0 Å². The third-order valence-corrected chi connectivity index (χ3v) is 7.68. The van der Waals surface area contributed by atoms with Crippen molar-refractivity contribution in [1.82, 2.24) is 20.4 Å². The maximum atomic E-state index is 12.6. The van der Waals surface area contributed by atoms with Crippen molar-refractivity contribution in [3.8, 4) is 23.0 Å². The highest BCUT2D eigenvalue weighted by atomic mass is 32.1. The van der Waals surface area contributed by atoms with Crippen molar-refractivity contribution in [3.05, 3.63) is 57.5 Å². The molecule has 2 aromatic carbocycles. The van der Waals surface area contributed by atoms with Gasteiger partial charge in [0.15, 0.2) is 0 Å². The summed E-state index contributed by atoms with van der Waals surface area (Å²) >= 11 is 2.65. The molecule has 0 spiro atoms. The summed E-state index contributed by atoms with van der Waals surface area (Å²) in [5.74, 6) is 2.04. The number of aryl methyl sites for hydroxylation is 2. The number of rotatable bonds is 14. The number of ether oxygens (including phenoxy) is 4. The SMILES string of the molecule is COc1ccc(OC)c(CC(=O)Nc2nnc(CCCc3nnc(NC(=O)Cc4cc(OC)ccc4OC)s3)s2)c1. The highest BCUT2D eigenvalue weighted by Gasteiger charge is 2.15. The highest BCUT2D eigenvalue weighted by molar-refractivity contribution is 7.15. The molecule has 0 aliphatic heterocycles. The molecule has 14 heteroatoms. The molecule has 0 aliphatic rings. The lowest BCUT2D eigenvalue weighted by molar-refractivity contribution is -0.116. The van der Waals surface area contributed by atoms with Gasteiger partial charge >= 0.3 is 0 Å². The lowest BCUT2D eigenvalue weighted by atomic mass is 10.1. The molecular formula is C27H30N6O6S2. The lowest BCUT2D eigenvalue weighted by Gasteiger charge is -2.10. The summed E-state index contributed by atoms with van der Waals surface area (Å²) in [6.07, 6.45) is 2.30. The fourth-order valence-corrected chi connectivity index (χ4v) is 5.51. The predicted molar refractivity (Wildman–Crippen MR) is 156 cm³/mol. The average Bonchev–Trinajstić information content (AvgIpc) is 3.61. The Balaban J connectivity index is 1.23. The predicted octanol–water partition coefficient (Wildman–Crippen LogP) is 3.96. The summed E-state index contributed by atoms with van der Waals surface area (Å²) < 4.78 is 21.2. The van der Waals surface area contributed by atoms with Crippen LogP contribution in [0.3, 0.4) is 0 Å². The zero-order valence-electron chi connectivity index (χ0n) is 23.1. The molecule has 12 nitrogen and oxygen atoms in total. The number of benzene rings is 2. The Morgan fingerprint density at radius 1 is 0.659 bits per heavy atom. The van der Waals surface area contributed by atoms with Gasteiger partial charge in [0, 0.05) is 24.0 Å². The van der Waals surface area contributed by atoms with E-state index in [-0.39, 0.29) is 24.7 Å². The van der Waals surface area contributed by atoms with Crippen LogP contribution in [-0.4, -0.2) is 60.6 Å². The number of hydrogen-bond acceptors (Lipinski definition) is 12. The molecular weight excluding hydrogens is 568 g/mol. The number of nitrogens with one attached hydrogen (secondary N) is 2. The van der Waals surface area contributed by atoms with Gasteiger partial charge in [-0.1, -0.05) is 22.7 Å². The Labute approximate surface area is 245 Å². The number of carbonyl (C=O) groups is 2. The van der Waals surface area contributed by atoms with Gasteiger partial charge in [0.05, 0.1) is 41.3 Å². The summed E-state index contributed by atoms with van der Waals surface area (Å²) in [6, 6.07) is 10.6. The monoisotopic (exact) mass is 598 g/mol. The van der Waals surface area contributed by atoms with Crippen molar-refractivity contribution in [2.45, 2.75) is 32.1 Å². The van der Waals surface area contributed by atoms with Crippen molar-refractivity contribution < 1.29 is 28.5 Å². The van der Waals surface area contributed by atoms with Gasteiger partial charge in [-0.3, -0.25) is 9.59 Å². The van der Waals surface area contributed by atoms with E-state index in [0.717, 1.165) is 16.4 Å². The van der Waals surface area contributed by atoms with E-state index in [1.165, 1.54) is 22.7 Å². The van der Waals surface area contributed by atoms with Crippen LogP contribution < -0.4 is 29.6 Å². The Morgan fingerprint density at radius 3 is 1.49 bits per heavy atom. The molecule has 0 bridgehead atoms. The van der Waals surface area contributed by atoms with Gasteiger partial charge < -0.3 is 29.6 Å². The normalized spacial score (nSPS) is 10.6. The van der Waals surface area contributed by atoms with Crippen LogP contribution >= 0.6 is 22.7 Å². The molecule has 2 N–H and O–H groups in total. The molecule has 0 fully saturated rings. The summed E-state index contributed by atoms with van der Waals surface area (Å²) in [6.45, 7) is 0. The first-order valence-electron chi connectivity index (χ1n) is 12.6. The zero-order valence-corrected chi connectivity index (χ0v) is 24.7.